The maximum absolute atomic E-state index is 11.4. The van der Waals surface area contributed by atoms with Gasteiger partial charge in [-0.3, -0.25) is 4.79 Å². The summed E-state index contributed by atoms with van der Waals surface area (Å²) >= 11 is 5.80. The van der Waals surface area contributed by atoms with Crippen LogP contribution in [0.15, 0.2) is 24.3 Å². The van der Waals surface area contributed by atoms with Crippen LogP contribution in [0.2, 0.25) is 5.02 Å². The quantitative estimate of drug-likeness (QED) is 0.776. The Bertz CT molecular complexity index is 377. The van der Waals surface area contributed by atoms with E-state index in [-0.39, 0.29) is 11.9 Å². The van der Waals surface area contributed by atoms with Crippen LogP contribution in [0.5, 0.6) is 0 Å². The standard InChI is InChI=1S/C11H13ClN2O/c1-2-14-10(9(13)11(14)15)7-3-5-8(12)6-4-7/h3-6,9-10H,2,13H2,1H3/t9-,10+/m0/s1. The van der Waals surface area contributed by atoms with E-state index in [0.29, 0.717) is 11.6 Å². The first-order valence-corrected chi connectivity index (χ1v) is 5.34. The van der Waals surface area contributed by atoms with Gasteiger partial charge in [-0.15, -0.1) is 0 Å². The van der Waals surface area contributed by atoms with Gasteiger partial charge in [-0.05, 0) is 24.6 Å². The Morgan fingerprint density at radius 1 is 1.40 bits per heavy atom. The maximum atomic E-state index is 11.4. The molecule has 2 atom stereocenters. The van der Waals surface area contributed by atoms with Crippen LogP contribution in [0, 0.1) is 0 Å². The van der Waals surface area contributed by atoms with Crippen LogP contribution in [-0.2, 0) is 4.79 Å². The van der Waals surface area contributed by atoms with Crippen LogP contribution >= 0.6 is 11.6 Å². The lowest BCUT2D eigenvalue weighted by atomic mass is 9.89. The fourth-order valence-electron chi connectivity index (χ4n) is 1.98. The predicted octanol–water partition coefficient (Wildman–Crippen LogP) is 1.57. The molecule has 0 spiro atoms. The van der Waals surface area contributed by atoms with E-state index in [1.54, 1.807) is 4.90 Å². The normalized spacial score (nSPS) is 25.3. The molecule has 1 amide bonds. The highest BCUT2D eigenvalue weighted by Crippen LogP contribution is 2.33. The van der Waals surface area contributed by atoms with Gasteiger partial charge in [0.25, 0.3) is 0 Å². The molecule has 15 heavy (non-hydrogen) atoms. The van der Waals surface area contributed by atoms with E-state index >= 15 is 0 Å². The van der Waals surface area contributed by atoms with E-state index in [2.05, 4.69) is 0 Å². The predicted molar refractivity (Wildman–Crippen MR) is 59.6 cm³/mol. The summed E-state index contributed by atoms with van der Waals surface area (Å²) < 4.78 is 0. The number of carbonyl (C=O) groups excluding carboxylic acids is 1. The molecule has 0 aromatic heterocycles. The van der Waals surface area contributed by atoms with Crippen molar-refractivity contribution in [1.82, 2.24) is 4.90 Å². The van der Waals surface area contributed by atoms with Crippen LogP contribution in [0.3, 0.4) is 0 Å². The zero-order valence-electron chi connectivity index (χ0n) is 8.48. The van der Waals surface area contributed by atoms with Gasteiger partial charge in [0.1, 0.15) is 6.04 Å². The topological polar surface area (TPSA) is 46.3 Å². The minimum Gasteiger partial charge on any atom is -0.332 e. The summed E-state index contributed by atoms with van der Waals surface area (Å²) in [6.07, 6.45) is 0. The van der Waals surface area contributed by atoms with Crippen molar-refractivity contribution in [3.05, 3.63) is 34.9 Å². The lowest BCUT2D eigenvalue weighted by Crippen LogP contribution is -2.62. The van der Waals surface area contributed by atoms with Gasteiger partial charge >= 0.3 is 0 Å². The molecule has 2 rings (SSSR count). The molecule has 1 aromatic carbocycles. The third-order valence-electron chi connectivity index (χ3n) is 2.80. The van der Waals surface area contributed by atoms with Gasteiger partial charge in [-0.1, -0.05) is 23.7 Å². The Balaban J connectivity index is 2.24. The Hall–Kier alpha value is -1.06. The summed E-state index contributed by atoms with van der Waals surface area (Å²) in [6.45, 7) is 2.65. The lowest BCUT2D eigenvalue weighted by Gasteiger charge is -2.45. The van der Waals surface area contributed by atoms with E-state index in [1.807, 2.05) is 31.2 Å². The van der Waals surface area contributed by atoms with E-state index < -0.39 is 6.04 Å². The Morgan fingerprint density at radius 3 is 2.53 bits per heavy atom. The van der Waals surface area contributed by atoms with Crippen LogP contribution in [0.25, 0.3) is 0 Å². The Labute approximate surface area is 93.8 Å². The molecule has 1 aromatic rings. The Morgan fingerprint density at radius 2 is 2.00 bits per heavy atom. The molecular weight excluding hydrogens is 212 g/mol. The first kappa shape index (κ1) is 10.5. The molecule has 2 N–H and O–H groups in total. The monoisotopic (exact) mass is 224 g/mol. The number of hydrogen-bond donors (Lipinski definition) is 1. The number of benzene rings is 1. The van der Waals surface area contributed by atoms with Crippen molar-refractivity contribution in [2.24, 2.45) is 5.73 Å². The lowest BCUT2D eigenvalue weighted by molar-refractivity contribution is -0.149. The number of nitrogens with two attached hydrogens (primary N) is 1. The second kappa shape index (κ2) is 3.83. The van der Waals surface area contributed by atoms with Crippen molar-refractivity contribution in [2.75, 3.05) is 6.54 Å². The Kier molecular flexibility index (Phi) is 2.67. The average Bonchev–Trinajstić information content (AvgIpc) is 2.26. The van der Waals surface area contributed by atoms with Gasteiger partial charge in [0.15, 0.2) is 0 Å². The van der Waals surface area contributed by atoms with Crippen molar-refractivity contribution in [1.29, 1.82) is 0 Å². The van der Waals surface area contributed by atoms with Crippen molar-refractivity contribution in [2.45, 2.75) is 19.0 Å². The number of nitrogens with zero attached hydrogens (tertiary/aromatic N) is 1. The molecule has 1 aliphatic rings. The van der Waals surface area contributed by atoms with Crippen molar-refractivity contribution in [3.8, 4) is 0 Å². The van der Waals surface area contributed by atoms with E-state index in [0.717, 1.165) is 5.56 Å². The van der Waals surface area contributed by atoms with E-state index in [4.69, 9.17) is 17.3 Å². The zero-order valence-corrected chi connectivity index (χ0v) is 9.24. The minimum atomic E-state index is -0.397. The van der Waals surface area contributed by atoms with Gasteiger partial charge < -0.3 is 10.6 Å². The molecular formula is C11H13ClN2O. The zero-order chi connectivity index (χ0) is 11.0. The van der Waals surface area contributed by atoms with Crippen LogP contribution in [0.1, 0.15) is 18.5 Å². The highest BCUT2D eigenvalue weighted by Gasteiger charge is 2.44. The minimum absolute atomic E-state index is 0.0137. The van der Waals surface area contributed by atoms with Crippen LogP contribution < -0.4 is 5.73 Å². The number of halogens is 1. The first-order valence-electron chi connectivity index (χ1n) is 4.96. The molecule has 0 aliphatic carbocycles. The number of hydrogen-bond acceptors (Lipinski definition) is 2. The number of β-lactam (4-membered cyclic amide) rings is 1. The number of likely N-dealkylation sites (tertiary alicyclic amines) is 1. The molecule has 0 unspecified atom stereocenters. The van der Waals surface area contributed by atoms with Crippen LogP contribution in [-0.4, -0.2) is 23.4 Å². The molecule has 4 heteroatoms. The number of rotatable bonds is 2. The van der Waals surface area contributed by atoms with Gasteiger partial charge in [0.05, 0.1) is 6.04 Å². The second-order valence-electron chi connectivity index (χ2n) is 3.65. The molecule has 1 aliphatic heterocycles. The summed E-state index contributed by atoms with van der Waals surface area (Å²) in [5, 5.41) is 0.695. The van der Waals surface area contributed by atoms with E-state index in [1.165, 1.54) is 0 Å². The number of carbonyl (C=O) groups is 1. The van der Waals surface area contributed by atoms with Crippen LogP contribution in [0.4, 0.5) is 0 Å². The summed E-state index contributed by atoms with van der Waals surface area (Å²) in [5.41, 5.74) is 6.83. The summed E-state index contributed by atoms with van der Waals surface area (Å²) in [4.78, 5) is 13.2. The molecule has 80 valence electrons. The largest absolute Gasteiger partial charge is 0.332 e. The molecule has 1 heterocycles. The third kappa shape index (κ3) is 1.62. The fraction of sp³-hybridized carbons (Fsp3) is 0.364. The maximum Gasteiger partial charge on any atom is 0.242 e. The highest BCUT2D eigenvalue weighted by molar-refractivity contribution is 6.30. The van der Waals surface area contributed by atoms with Gasteiger partial charge in [0, 0.05) is 11.6 Å². The third-order valence-corrected chi connectivity index (χ3v) is 3.05. The van der Waals surface area contributed by atoms with Gasteiger partial charge in [-0.2, -0.15) is 0 Å². The number of likely N-dealkylation sites (N-methyl/N-ethyl adjacent to an activating group) is 1. The van der Waals surface area contributed by atoms with Crippen molar-refractivity contribution < 1.29 is 4.79 Å². The van der Waals surface area contributed by atoms with Gasteiger partial charge in [-0.25, -0.2) is 0 Å². The molecule has 0 radical (unpaired) electrons. The molecule has 3 nitrogen and oxygen atoms in total. The highest BCUT2D eigenvalue weighted by atomic mass is 35.5. The first-order chi connectivity index (χ1) is 7.15. The summed E-state index contributed by atoms with van der Waals surface area (Å²) in [6, 6.07) is 7.09. The summed E-state index contributed by atoms with van der Waals surface area (Å²) in [5.74, 6) is 0.0254. The van der Waals surface area contributed by atoms with Crippen molar-refractivity contribution >= 4 is 17.5 Å². The van der Waals surface area contributed by atoms with Gasteiger partial charge in [0.2, 0.25) is 5.91 Å². The second-order valence-corrected chi connectivity index (χ2v) is 4.08. The molecule has 1 fully saturated rings. The summed E-state index contributed by atoms with van der Waals surface area (Å²) in [7, 11) is 0. The number of amides is 1. The molecule has 1 saturated heterocycles. The van der Waals surface area contributed by atoms with E-state index in [9.17, 15) is 4.79 Å². The average molecular weight is 225 g/mol. The SMILES string of the molecule is CCN1C(=O)[C@@H](N)[C@H]1c1ccc(Cl)cc1. The van der Waals surface area contributed by atoms with Crippen molar-refractivity contribution in [3.63, 3.8) is 0 Å². The molecule has 0 bridgehead atoms. The fourth-order valence-corrected chi connectivity index (χ4v) is 2.10. The smallest absolute Gasteiger partial charge is 0.242 e. The molecule has 0 saturated carbocycles.